The molecule has 0 spiro atoms. The lowest BCUT2D eigenvalue weighted by molar-refractivity contribution is 0.102. The fraction of sp³-hybridized carbons (Fsp3) is 0. The SMILES string of the molecule is O=C(Nc1nncs1)c1coc(Br)c1. The minimum absolute atomic E-state index is 0.267. The zero-order chi connectivity index (χ0) is 9.97. The molecule has 2 aromatic rings. The number of nitrogens with zero attached hydrogens (tertiary/aromatic N) is 2. The van der Waals surface area contributed by atoms with E-state index in [0.29, 0.717) is 15.4 Å². The van der Waals surface area contributed by atoms with Crippen LogP contribution in [0.3, 0.4) is 0 Å². The predicted octanol–water partition coefficient (Wildman–Crippen LogP) is 2.15. The molecule has 0 fully saturated rings. The number of carbonyl (C=O) groups excluding carboxylic acids is 1. The van der Waals surface area contributed by atoms with Crippen molar-refractivity contribution in [1.82, 2.24) is 10.2 Å². The van der Waals surface area contributed by atoms with E-state index in [0.717, 1.165) is 0 Å². The van der Waals surface area contributed by atoms with Crippen molar-refractivity contribution in [3.63, 3.8) is 0 Å². The van der Waals surface area contributed by atoms with Gasteiger partial charge in [0.2, 0.25) is 5.13 Å². The maximum absolute atomic E-state index is 11.5. The smallest absolute Gasteiger partial charge is 0.260 e. The Labute approximate surface area is 91.3 Å². The van der Waals surface area contributed by atoms with Crippen LogP contribution >= 0.6 is 27.3 Å². The molecule has 0 unspecified atom stereocenters. The lowest BCUT2D eigenvalue weighted by Crippen LogP contribution is -2.10. The van der Waals surface area contributed by atoms with Crippen molar-refractivity contribution in [2.45, 2.75) is 0 Å². The minimum Gasteiger partial charge on any atom is -0.457 e. The normalized spacial score (nSPS) is 10.1. The Morgan fingerprint density at radius 3 is 3.07 bits per heavy atom. The summed E-state index contributed by atoms with van der Waals surface area (Å²) < 4.78 is 5.44. The van der Waals surface area contributed by atoms with E-state index in [2.05, 4.69) is 31.4 Å². The summed E-state index contributed by atoms with van der Waals surface area (Å²) in [5.41, 5.74) is 1.98. The van der Waals surface area contributed by atoms with Crippen molar-refractivity contribution in [2.75, 3.05) is 5.32 Å². The largest absolute Gasteiger partial charge is 0.457 e. The standard InChI is InChI=1S/C7H4BrN3O2S/c8-5-1-4(2-13-5)6(12)10-7-11-9-3-14-7/h1-3H,(H,10,11,12). The number of halogens is 1. The van der Waals surface area contributed by atoms with Gasteiger partial charge in [-0.2, -0.15) is 0 Å². The molecule has 2 aromatic heterocycles. The molecule has 1 amide bonds. The molecule has 0 aliphatic carbocycles. The third-order valence-corrected chi connectivity index (χ3v) is 2.43. The summed E-state index contributed by atoms with van der Waals surface area (Å²) in [6.07, 6.45) is 1.36. The number of anilines is 1. The maximum Gasteiger partial charge on any atom is 0.260 e. The monoisotopic (exact) mass is 273 g/mol. The molecule has 0 bridgehead atoms. The van der Waals surface area contributed by atoms with E-state index >= 15 is 0 Å². The summed E-state index contributed by atoms with van der Waals surface area (Å²) in [7, 11) is 0. The second kappa shape index (κ2) is 3.89. The average Bonchev–Trinajstić information content (AvgIpc) is 2.75. The summed E-state index contributed by atoms with van der Waals surface area (Å²) in [4.78, 5) is 11.5. The van der Waals surface area contributed by atoms with Gasteiger partial charge in [-0.25, -0.2) is 0 Å². The molecule has 0 atom stereocenters. The molecule has 0 saturated heterocycles. The number of hydrogen-bond acceptors (Lipinski definition) is 5. The minimum atomic E-state index is -0.267. The van der Waals surface area contributed by atoms with Gasteiger partial charge < -0.3 is 4.42 Å². The van der Waals surface area contributed by atoms with Crippen LogP contribution in [0.1, 0.15) is 10.4 Å². The lowest BCUT2D eigenvalue weighted by atomic mass is 10.3. The van der Waals surface area contributed by atoms with Gasteiger partial charge in [0, 0.05) is 6.07 Å². The van der Waals surface area contributed by atoms with Crippen molar-refractivity contribution in [2.24, 2.45) is 0 Å². The van der Waals surface area contributed by atoms with Crippen LogP contribution in [-0.4, -0.2) is 16.1 Å². The van der Waals surface area contributed by atoms with Crippen LogP contribution < -0.4 is 5.32 Å². The van der Waals surface area contributed by atoms with Crippen molar-refractivity contribution in [1.29, 1.82) is 0 Å². The molecule has 0 aliphatic heterocycles. The van der Waals surface area contributed by atoms with Gasteiger partial charge in [0.25, 0.3) is 5.91 Å². The number of rotatable bonds is 2. The number of carbonyl (C=O) groups is 1. The average molecular weight is 274 g/mol. The van der Waals surface area contributed by atoms with E-state index in [1.54, 1.807) is 11.6 Å². The van der Waals surface area contributed by atoms with E-state index in [1.807, 2.05) is 0 Å². The molecule has 2 rings (SSSR count). The summed E-state index contributed by atoms with van der Waals surface area (Å²) in [6.45, 7) is 0. The Bertz CT molecular complexity index is 439. The Morgan fingerprint density at radius 1 is 1.64 bits per heavy atom. The molecular formula is C7H4BrN3O2S. The van der Waals surface area contributed by atoms with Crippen molar-refractivity contribution in [3.8, 4) is 0 Å². The molecule has 7 heteroatoms. The van der Waals surface area contributed by atoms with E-state index in [-0.39, 0.29) is 5.91 Å². The predicted molar refractivity (Wildman–Crippen MR) is 54.3 cm³/mol. The molecule has 1 N–H and O–H groups in total. The Balaban J connectivity index is 2.10. The van der Waals surface area contributed by atoms with Crippen molar-refractivity contribution in [3.05, 3.63) is 28.1 Å². The van der Waals surface area contributed by atoms with Crippen LogP contribution in [0.15, 0.2) is 26.9 Å². The first kappa shape index (κ1) is 9.35. The first-order valence-electron chi connectivity index (χ1n) is 3.57. The first-order chi connectivity index (χ1) is 6.75. The van der Waals surface area contributed by atoms with Crippen molar-refractivity contribution >= 4 is 38.3 Å². The topological polar surface area (TPSA) is 68.0 Å². The summed E-state index contributed by atoms with van der Waals surface area (Å²) in [5.74, 6) is -0.267. The highest BCUT2D eigenvalue weighted by molar-refractivity contribution is 9.10. The van der Waals surface area contributed by atoms with Crippen LogP contribution in [0.25, 0.3) is 0 Å². The molecule has 72 valence electrons. The van der Waals surface area contributed by atoms with Gasteiger partial charge in [0.1, 0.15) is 11.8 Å². The highest BCUT2D eigenvalue weighted by Crippen LogP contribution is 2.16. The number of hydrogen-bond donors (Lipinski definition) is 1. The molecule has 0 radical (unpaired) electrons. The van der Waals surface area contributed by atoms with Crippen LogP contribution in [0.5, 0.6) is 0 Å². The van der Waals surface area contributed by atoms with Crippen LogP contribution in [0, 0.1) is 0 Å². The molecule has 14 heavy (non-hydrogen) atoms. The van der Waals surface area contributed by atoms with E-state index in [4.69, 9.17) is 4.42 Å². The Morgan fingerprint density at radius 2 is 2.50 bits per heavy atom. The molecule has 2 heterocycles. The molecule has 5 nitrogen and oxygen atoms in total. The molecule has 0 saturated carbocycles. The summed E-state index contributed by atoms with van der Waals surface area (Å²) in [6, 6.07) is 1.58. The second-order valence-corrected chi connectivity index (χ2v) is 3.95. The summed E-state index contributed by atoms with van der Waals surface area (Å²) >= 11 is 4.36. The summed E-state index contributed by atoms with van der Waals surface area (Å²) in [5, 5.41) is 10.3. The third-order valence-electron chi connectivity index (χ3n) is 1.41. The Hall–Kier alpha value is -1.21. The van der Waals surface area contributed by atoms with Gasteiger partial charge in [-0.3, -0.25) is 10.1 Å². The number of nitrogens with one attached hydrogen (secondary N) is 1. The lowest BCUT2D eigenvalue weighted by Gasteiger charge is -1.95. The molecule has 0 aliphatic rings. The van der Waals surface area contributed by atoms with Crippen LogP contribution in [0.2, 0.25) is 0 Å². The van der Waals surface area contributed by atoms with Crippen LogP contribution in [-0.2, 0) is 0 Å². The van der Waals surface area contributed by atoms with E-state index in [1.165, 1.54) is 17.6 Å². The zero-order valence-corrected chi connectivity index (χ0v) is 9.13. The number of aromatic nitrogens is 2. The fourth-order valence-electron chi connectivity index (χ4n) is 0.826. The first-order valence-corrected chi connectivity index (χ1v) is 5.24. The van der Waals surface area contributed by atoms with Crippen molar-refractivity contribution < 1.29 is 9.21 Å². The highest BCUT2D eigenvalue weighted by Gasteiger charge is 2.10. The third kappa shape index (κ3) is 1.99. The number of amides is 1. The zero-order valence-electron chi connectivity index (χ0n) is 6.73. The van der Waals surface area contributed by atoms with Crippen LogP contribution in [0.4, 0.5) is 5.13 Å². The van der Waals surface area contributed by atoms with Gasteiger partial charge >= 0.3 is 0 Å². The fourth-order valence-corrected chi connectivity index (χ4v) is 1.61. The van der Waals surface area contributed by atoms with Gasteiger partial charge in [-0.05, 0) is 15.9 Å². The quantitative estimate of drug-likeness (QED) is 0.911. The van der Waals surface area contributed by atoms with Gasteiger partial charge in [0.15, 0.2) is 4.67 Å². The highest BCUT2D eigenvalue weighted by atomic mass is 79.9. The van der Waals surface area contributed by atoms with Gasteiger partial charge in [-0.15, -0.1) is 10.2 Å². The number of furan rings is 1. The maximum atomic E-state index is 11.5. The van der Waals surface area contributed by atoms with E-state index < -0.39 is 0 Å². The Kier molecular flexibility index (Phi) is 2.60. The van der Waals surface area contributed by atoms with Gasteiger partial charge in [0.05, 0.1) is 5.56 Å². The second-order valence-electron chi connectivity index (χ2n) is 2.34. The van der Waals surface area contributed by atoms with Gasteiger partial charge in [-0.1, -0.05) is 11.3 Å². The molecule has 0 aromatic carbocycles. The van der Waals surface area contributed by atoms with E-state index in [9.17, 15) is 4.79 Å². The molecular weight excluding hydrogens is 270 g/mol.